The molecule has 0 amide bonds. The molecule has 0 atom stereocenters. The molecule has 2 rings (SSSR count). The van der Waals surface area contributed by atoms with Gasteiger partial charge in [-0.2, -0.15) is 5.10 Å². The van der Waals surface area contributed by atoms with Crippen molar-refractivity contribution in [1.82, 2.24) is 9.78 Å². The van der Waals surface area contributed by atoms with Crippen LogP contribution in [0.1, 0.15) is 16.2 Å². The van der Waals surface area contributed by atoms with E-state index in [9.17, 15) is 9.59 Å². The Morgan fingerprint density at radius 3 is 2.68 bits per heavy atom. The Labute approximate surface area is 108 Å². The number of aryl methyl sites for hydroxylation is 1. The molecular weight excluding hydrogens is 248 g/mol. The Morgan fingerprint density at radius 2 is 2.05 bits per heavy atom. The van der Waals surface area contributed by atoms with Gasteiger partial charge >= 0.3 is 5.97 Å². The van der Waals surface area contributed by atoms with Crippen molar-refractivity contribution in [3.63, 3.8) is 0 Å². The van der Waals surface area contributed by atoms with Crippen molar-refractivity contribution in [2.45, 2.75) is 6.92 Å². The first-order chi connectivity index (χ1) is 9.04. The molecule has 0 saturated heterocycles. The largest absolute Gasteiger partial charge is 0.494 e. The molecule has 1 aromatic heterocycles. The summed E-state index contributed by atoms with van der Waals surface area (Å²) in [6.45, 7) is 1.67. The lowest BCUT2D eigenvalue weighted by molar-refractivity contribution is 0.0686. The van der Waals surface area contributed by atoms with Crippen LogP contribution in [0.5, 0.6) is 5.75 Å². The first-order valence-electron chi connectivity index (χ1n) is 5.52. The van der Waals surface area contributed by atoms with Gasteiger partial charge in [0.25, 0.3) is 0 Å². The summed E-state index contributed by atoms with van der Waals surface area (Å²) in [5.74, 6) is -0.813. The van der Waals surface area contributed by atoms with E-state index in [2.05, 4.69) is 5.10 Å². The number of rotatable bonds is 3. The van der Waals surface area contributed by atoms with Gasteiger partial charge in [-0.1, -0.05) is 12.1 Å². The van der Waals surface area contributed by atoms with Crippen molar-refractivity contribution in [2.75, 3.05) is 7.11 Å². The van der Waals surface area contributed by atoms with Crippen molar-refractivity contribution < 1.29 is 14.6 Å². The molecule has 2 aromatic rings. The summed E-state index contributed by atoms with van der Waals surface area (Å²) >= 11 is 0. The van der Waals surface area contributed by atoms with Crippen LogP contribution in [0.25, 0.3) is 5.69 Å². The lowest BCUT2D eigenvalue weighted by Crippen LogP contribution is -2.22. The van der Waals surface area contributed by atoms with Crippen LogP contribution in [0.4, 0.5) is 0 Å². The Morgan fingerprint density at radius 1 is 1.37 bits per heavy atom. The fourth-order valence-electron chi connectivity index (χ4n) is 1.74. The van der Waals surface area contributed by atoms with Gasteiger partial charge in [-0.05, 0) is 19.1 Å². The van der Waals surface area contributed by atoms with E-state index in [0.29, 0.717) is 17.1 Å². The predicted octanol–water partition coefficient (Wildman–Crippen LogP) is 1.25. The molecule has 0 aliphatic carbocycles. The Balaban J connectivity index is 2.72. The van der Waals surface area contributed by atoms with Crippen LogP contribution in [-0.4, -0.2) is 28.0 Å². The second-order valence-electron chi connectivity index (χ2n) is 3.89. The topological polar surface area (TPSA) is 81.4 Å². The van der Waals surface area contributed by atoms with Crippen molar-refractivity contribution >= 4 is 5.97 Å². The van der Waals surface area contributed by atoms with Crippen molar-refractivity contribution in [3.8, 4) is 11.4 Å². The zero-order valence-corrected chi connectivity index (χ0v) is 10.5. The number of aromatic nitrogens is 2. The lowest BCUT2D eigenvalue weighted by atomic mass is 10.2. The Hall–Kier alpha value is -2.63. The van der Waals surface area contributed by atoms with Gasteiger partial charge in [-0.15, -0.1) is 0 Å². The van der Waals surface area contributed by atoms with Crippen molar-refractivity contribution in [1.29, 1.82) is 0 Å². The number of hydrogen-bond acceptors (Lipinski definition) is 4. The van der Waals surface area contributed by atoms with E-state index in [1.54, 1.807) is 31.2 Å². The second-order valence-corrected chi connectivity index (χ2v) is 3.89. The zero-order chi connectivity index (χ0) is 14.0. The van der Waals surface area contributed by atoms with Crippen LogP contribution in [0.3, 0.4) is 0 Å². The molecule has 6 nitrogen and oxygen atoms in total. The Kier molecular flexibility index (Phi) is 3.33. The third-order valence-corrected chi connectivity index (χ3v) is 2.62. The van der Waals surface area contributed by atoms with Gasteiger partial charge < -0.3 is 9.84 Å². The molecule has 0 bridgehead atoms. The molecule has 98 valence electrons. The number of carbonyl (C=O) groups is 1. The minimum absolute atomic E-state index is 0.517. The van der Waals surface area contributed by atoms with Gasteiger partial charge in [0.1, 0.15) is 11.4 Å². The standard InChI is InChI=1S/C13H12N2O4/c1-8-7-10(16)12(13(17)18)14-15(8)9-5-3-4-6-11(9)19-2/h3-7H,1-2H3,(H,17,18). The summed E-state index contributed by atoms with van der Waals surface area (Å²) in [6.07, 6.45) is 0. The summed E-state index contributed by atoms with van der Waals surface area (Å²) in [5.41, 5.74) is -0.0304. The number of aromatic carboxylic acids is 1. The van der Waals surface area contributed by atoms with E-state index in [-0.39, 0.29) is 0 Å². The average molecular weight is 260 g/mol. The number of hydrogen-bond donors (Lipinski definition) is 1. The quantitative estimate of drug-likeness (QED) is 0.898. The van der Waals surface area contributed by atoms with Gasteiger partial charge in [-0.3, -0.25) is 4.79 Å². The molecule has 1 N–H and O–H groups in total. The van der Waals surface area contributed by atoms with E-state index in [0.717, 1.165) is 0 Å². The van der Waals surface area contributed by atoms with E-state index in [4.69, 9.17) is 9.84 Å². The number of ether oxygens (including phenoxy) is 1. The van der Waals surface area contributed by atoms with Gasteiger partial charge in [0.2, 0.25) is 11.1 Å². The summed E-state index contributed by atoms with van der Waals surface area (Å²) in [6, 6.07) is 8.27. The molecule has 19 heavy (non-hydrogen) atoms. The molecule has 0 spiro atoms. The van der Waals surface area contributed by atoms with Crippen molar-refractivity contribution in [2.24, 2.45) is 0 Å². The van der Waals surface area contributed by atoms with Crippen LogP contribution in [-0.2, 0) is 0 Å². The molecular formula is C13H12N2O4. The number of nitrogens with zero attached hydrogens (tertiary/aromatic N) is 2. The van der Waals surface area contributed by atoms with Gasteiger partial charge in [0, 0.05) is 11.8 Å². The van der Waals surface area contributed by atoms with Crippen molar-refractivity contribution in [3.05, 3.63) is 51.9 Å². The highest BCUT2D eigenvalue weighted by Gasteiger charge is 2.15. The summed E-state index contributed by atoms with van der Waals surface area (Å²) in [4.78, 5) is 22.5. The lowest BCUT2D eigenvalue weighted by Gasteiger charge is -2.13. The molecule has 0 unspecified atom stereocenters. The molecule has 0 aliphatic rings. The number of para-hydroxylation sites is 2. The van der Waals surface area contributed by atoms with Crippen LogP contribution in [0.2, 0.25) is 0 Å². The highest BCUT2D eigenvalue weighted by Crippen LogP contribution is 2.21. The highest BCUT2D eigenvalue weighted by molar-refractivity contribution is 5.85. The monoisotopic (exact) mass is 260 g/mol. The number of methoxy groups -OCH3 is 1. The Bertz CT molecular complexity index is 691. The van der Waals surface area contributed by atoms with E-state index < -0.39 is 17.1 Å². The molecule has 0 fully saturated rings. The maximum Gasteiger partial charge on any atom is 0.360 e. The zero-order valence-electron chi connectivity index (χ0n) is 10.5. The van der Waals surface area contributed by atoms with E-state index >= 15 is 0 Å². The smallest absolute Gasteiger partial charge is 0.360 e. The molecule has 0 saturated carbocycles. The minimum Gasteiger partial charge on any atom is -0.494 e. The molecule has 1 heterocycles. The second kappa shape index (κ2) is 4.93. The maximum absolute atomic E-state index is 11.5. The normalized spacial score (nSPS) is 10.2. The number of carboxylic acid groups (broad SMARTS) is 1. The third kappa shape index (κ3) is 2.33. The van der Waals surface area contributed by atoms with E-state index in [1.807, 2.05) is 0 Å². The number of carboxylic acids is 1. The van der Waals surface area contributed by atoms with Crippen LogP contribution >= 0.6 is 0 Å². The fraction of sp³-hybridized carbons (Fsp3) is 0.154. The van der Waals surface area contributed by atoms with Crippen LogP contribution in [0.15, 0.2) is 35.1 Å². The first-order valence-corrected chi connectivity index (χ1v) is 5.52. The van der Waals surface area contributed by atoms with Crippen LogP contribution in [0, 0.1) is 6.92 Å². The van der Waals surface area contributed by atoms with Gasteiger partial charge in [-0.25, -0.2) is 9.48 Å². The highest BCUT2D eigenvalue weighted by atomic mass is 16.5. The first kappa shape index (κ1) is 12.8. The summed E-state index contributed by atoms with van der Waals surface area (Å²) in [7, 11) is 1.51. The SMILES string of the molecule is COc1ccccc1-n1nc(C(=O)O)c(=O)cc1C. The molecule has 0 aliphatic heterocycles. The van der Waals surface area contributed by atoms with Gasteiger partial charge in [0.05, 0.1) is 7.11 Å². The molecule has 6 heteroatoms. The summed E-state index contributed by atoms with van der Waals surface area (Å²) in [5, 5.41) is 12.8. The molecule has 1 aromatic carbocycles. The van der Waals surface area contributed by atoms with E-state index in [1.165, 1.54) is 17.9 Å². The average Bonchev–Trinajstić information content (AvgIpc) is 2.38. The summed E-state index contributed by atoms with van der Waals surface area (Å²) < 4.78 is 6.58. The minimum atomic E-state index is -1.35. The van der Waals surface area contributed by atoms with Crippen LogP contribution < -0.4 is 10.2 Å². The predicted molar refractivity (Wildman–Crippen MR) is 68.1 cm³/mol. The third-order valence-electron chi connectivity index (χ3n) is 2.62. The fourth-order valence-corrected chi connectivity index (χ4v) is 1.74. The van der Waals surface area contributed by atoms with Gasteiger partial charge in [0.15, 0.2) is 0 Å². The molecule has 0 radical (unpaired) electrons. The number of benzene rings is 1. The maximum atomic E-state index is 11.5.